The number of ether oxygens (including phenoxy) is 3. The summed E-state index contributed by atoms with van der Waals surface area (Å²) in [6, 6.07) is 6.05. The zero-order valence-electron chi connectivity index (χ0n) is 12.8. The molecule has 23 heavy (non-hydrogen) atoms. The Bertz CT molecular complexity index is 667. The molecule has 4 aliphatic rings. The quantitative estimate of drug-likeness (QED) is 0.855. The van der Waals surface area contributed by atoms with E-state index in [2.05, 4.69) is 6.92 Å². The van der Waals surface area contributed by atoms with Gasteiger partial charge >= 0.3 is 11.9 Å². The third-order valence-electron chi connectivity index (χ3n) is 5.29. The molecule has 0 spiro atoms. The van der Waals surface area contributed by atoms with Crippen molar-refractivity contribution in [1.29, 1.82) is 0 Å². The van der Waals surface area contributed by atoms with Gasteiger partial charge in [0, 0.05) is 11.8 Å². The highest BCUT2D eigenvalue weighted by Gasteiger charge is 2.65. The van der Waals surface area contributed by atoms with E-state index in [4.69, 9.17) is 14.2 Å². The lowest BCUT2D eigenvalue weighted by Crippen LogP contribution is -2.49. The van der Waals surface area contributed by atoms with Crippen molar-refractivity contribution in [3.05, 3.63) is 35.4 Å². The minimum absolute atomic E-state index is 0.0475. The van der Waals surface area contributed by atoms with E-state index in [1.807, 2.05) is 6.92 Å². The number of hydrogen-bond donors (Lipinski definition) is 1. The van der Waals surface area contributed by atoms with Gasteiger partial charge in [-0.15, -0.1) is 0 Å². The summed E-state index contributed by atoms with van der Waals surface area (Å²) in [6.45, 7) is 4.13. The predicted molar refractivity (Wildman–Crippen MR) is 78.3 cm³/mol. The standard InChI is InChI=1S/C17H18O6/c1-7-11-8(2)13-15(14(21-11)12(7)22-13)23-17(20)10-6-4-3-5-9(10)16(18)19/h3-8,11-15H,1-2H3,(H,18,19)/t7-,8+,11+,12?,13?,14-,15-/m0/s1. The Balaban J connectivity index is 1.58. The van der Waals surface area contributed by atoms with E-state index in [-0.39, 0.29) is 47.4 Å². The number of carboxylic acid groups (broad SMARTS) is 1. The summed E-state index contributed by atoms with van der Waals surface area (Å²) in [5.74, 6) is -1.37. The van der Waals surface area contributed by atoms with Crippen LogP contribution in [0.3, 0.4) is 0 Å². The fraction of sp³-hybridized carbons (Fsp3) is 0.529. The highest BCUT2D eigenvalue weighted by Crippen LogP contribution is 2.50. The highest BCUT2D eigenvalue weighted by molar-refractivity contribution is 6.02. The molecular formula is C17H18O6. The van der Waals surface area contributed by atoms with Gasteiger partial charge < -0.3 is 19.3 Å². The van der Waals surface area contributed by atoms with E-state index in [1.54, 1.807) is 12.1 Å². The van der Waals surface area contributed by atoms with Crippen molar-refractivity contribution in [2.45, 2.75) is 44.4 Å². The second-order valence-electron chi connectivity index (χ2n) is 6.57. The van der Waals surface area contributed by atoms with Crippen molar-refractivity contribution < 1.29 is 28.9 Å². The van der Waals surface area contributed by atoms with Crippen LogP contribution in [0, 0.1) is 11.8 Å². The summed E-state index contributed by atoms with van der Waals surface area (Å²) in [7, 11) is 0. The van der Waals surface area contributed by atoms with E-state index >= 15 is 0 Å². The van der Waals surface area contributed by atoms with E-state index in [0.29, 0.717) is 0 Å². The van der Waals surface area contributed by atoms with Crippen molar-refractivity contribution in [2.24, 2.45) is 11.8 Å². The fourth-order valence-electron chi connectivity index (χ4n) is 4.16. The Morgan fingerprint density at radius 2 is 1.57 bits per heavy atom. The van der Waals surface area contributed by atoms with Gasteiger partial charge in [0.1, 0.15) is 12.2 Å². The number of hydrogen-bond acceptors (Lipinski definition) is 5. The van der Waals surface area contributed by atoms with Crippen molar-refractivity contribution in [3.8, 4) is 0 Å². The van der Waals surface area contributed by atoms with Gasteiger partial charge in [-0.3, -0.25) is 0 Å². The van der Waals surface area contributed by atoms with Gasteiger partial charge in [-0.1, -0.05) is 26.0 Å². The topological polar surface area (TPSA) is 82.1 Å². The molecule has 2 unspecified atom stereocenters. The predicted octanol–water partition coefficient (Wildman–Crippen LogP) is 1.73. The maximum atomic E-state index is 12.5. The number of carbonyl (C=O) groups excluding carboxylic acids is 1. The van der Waals surface area contributed by atoms with Gasteiger partial charge in [0.25, 0.3) is 0 Å². The Labute approximate surface area is 133 Å². The number of rotatable bonds is 3. The molecule has 1 N–H and O–H groups in total. The molecule has 4 fully saturated rings. The van der Waals surface area contributed by atoms with Crippen molar-refractivity contribution >= 4 is 11.9 Å². The van der Waals surface area contributed by atoms with Crippen LogP contribution in [0.5, 0.6) is 0 Å². The Morgan fingerprint density at radius 3 is 2.26 bits per heavy atom. The monoisotopic (exact) mass is 318 g/mol. The maximum absolute atomic E-state index is 12.5. The van der Waals surface area contributed by atoms with Crippen LogP contribution < -0.4 is 0 Å². The lowest BCUT2D eigenvalue weighted by molar-refractivity contribution is -0.152. The Kier molecular flexibility index (Phi) is 3.21. The molecule has 6 nitrogen and oxygen atoms in total. The Morgan fingerprint density at radius 1 is 0.957 bits per heavy atom. The van der Waals surface area contributed by atoms with E-state index < -0.39 is 18.0 Å². The first-order chi connectivity index (χ1) is 11.0. The average molecular weight is 318 g/mol. The first kappa shape index (κ1) is 14.7. The van der Waals surface area contributed by atoms with Crippen molar-refractivity contribution in [2.75, 3.05) is 0 Å². The molecule has 0 radical (unpaired) electrons. The van der Waals surface area contributed by atoms with Crippen molar-refractivity contribution in [3.63, 3.8) is 0 Å². The number of carbonyl (C=O) groups is 2. The first-order valence-electron chi connectivity index (χ1n) is 7.83. The van der Waals surface area contributed by atoms with Gasteiger partial charge in [-0.05, 0) is 12.1 Å². The van der Waals surface area contributed by atoms with Crippen LogP contribution in [0.4, 0.5) is 0 Å². The number of benzene rings is 1. The molecule has 4 saturated heterocycles. The smallest absolute Gasteiger partial charge is 0.339 e. The van der Waals surface area contributed by atoms with Crippen LogP contribution in [0.1, 0.15) is 34.6 Å². The van der Waals surface area contributed by atoms with Gasteiger partial charge in [-0.25, -0.2) is 9.59 Å². The second kappa shape index (κ2) is 5.04. The molecule has 1 aromatic carbocycles. The normalized spacial score (nSPS) is 40.3. The molecule has 122 valence electrons. The van der Waals surface area contributed by atoms with Crippen LogP contribution in [0.15, 0.2) is 24.3 Å². The summed E-state index contributed by atoms with van der Waals surface area (Å²) < 4.78 is 17.6. The largest absolute Gasteiger partial charge is 0.478 e. The molecular weight excluding hydrogens is 300 g/mol. The summed E-state index contributed by atoms with van der Waals surface area (Å²) in [4.78, 5) is 23.7. The molecule has 0 saturated carbocycles. The van der Waals surface area contributed by atoms with Crippen LogP contribution >= 0.6 is 0 Å². The molecule has 7 atom stereocenters. The highest BCUT2D eigenvalue weighted by atomic mass is 16.6. The first-order valence-corrected chi connectivity index (χ1v) is 7.83. The van der Waals surface area contributed by atoms with E-state index in [9.17, 15) is 14.7 Å². The molecule has 4 bridgehead atoms. The SMILES string of the molecule is C[C@@H]1C2OC3[C@H](C)[C@@H]1O[C@@H]2[C@H]3OC(=O)c1ccccc1C(=O)O. The molecule has 0 aromatic heterocycles. The average Bonchev–Trinajstić information content (AvgIpc) is 2.96. The van der Waals surface area contributed by atoms with Crippen LogP contribution in [-0.2, 0) is 14.2 Å². The van der Waals surface area contributed by atoms with Crippen molar-refractivity contribution in [1.82, 2.24) is 0 Å². The summed E-state index contributed by atoms with van der Waals surface area (Å²) >= 11 is 0. The fourth-order valence-corrected chi connectivity index (χ4v) is 4.16. The molecule has 0 amide bonds. The van der Waals surface area contributed by atoms with Gasteiger partial charge in [0.15, 0.2) is 6.10 Å². The second-order valence-corrected chi connectivity index (χ2v) is 6.57. The zero-order chi connectivity index (χ0) is 16.3. The third-order valence-corrected chi connectivity index (χ3v) is 5.29. The number of carboxylic acids is 1. The van der Waals surface area contributed by atoms with Crippen LogP contribution in [0.2, 0.25) is 0 Å². The lowest BCUT2D eigenvalue weighted by Gasteiger charge is -2.38. The summed E-state index contributed by atoms with van der Waals surface area (Å²) in [5.41, 5.74) is -0.00812. The molecule has 6 heteroatoms. The third kappa shape index (κ3) is 2.01. The molecule has 5 rings (SSSR count). The van der Waals surface area contributed by atoms with Crippen LogP contribution in [0.25, 0.3) is 0 Å². The van der Waals surface area contributed by atoms with Crippen LogP contribution in [-0.4, -0.2) is 47.6 Å². The van der Waals surface area contributed by atoms with Gasteiger partial charge in [-0.2, -0.15) is 0 Å². The lowest BCUT2D eigenvalue weighted by atomic mass is 9.87. The van der Waals surface area contributed by atoms with Gasteiger partial charge in [0.05, 0.1) is 23.3 Å². The minimum Gasteiger partial charge on any atom is -0.478 e. The van der Waals surface area contributed by atoms with E-state index in [0.717, 1.165) is 0 Å². The molecule has 0 aliphatic carbocycles. The maximum Gasteiger partial charge on any atom is 0.339 e. The zero-order valence-corrected chi connectivity index (χ0v) is 12.8. The Hall–Kier alpha value is -1.92. The number of esters is 1. The minimum atomic E-state index is -1.15. The summed E-state index contributed by atoms with van der Waals surface area (Å²) in [6.07, 6.45) is -0.817. The van der Waals surface area contributed by atoms with Gasteiger partial charge in [0.2, 0.25) is 0 Å². The van der Waals surface area contributed by atoms with E-state index in [1.165, 1.54) is 12.1 Å². The molecule has 1 aromatic rings. The molecule has 4 aliphatic heterocycles. The summed E-state index contributed by atoms with van der Waals surface area (Å²) in [5, 5.41) is 9.21. The number of aromatic carboxylic acids is 1. The molecule has 4 heterocycles.